The molecule has 11 heteroatoms. The van der Waals surface area contributed by atoms with E-state index in [0.29, 0.717) is 25.3 Å². The highest BCUT2D eigenvalue weighted by atomic mass is 19.1. The van der Waals surface area contributed by atoms with Crippen LogP contribution in [0.2, 0.25) is 0 Å². The maximum atomic E-state index is 13.3. The monoisotopic (exact) mass is 456 g/mol. The average Bonchev–Trinajstić information content (AvgIpc) is 3.16. The third kappa shape index (κ3) is 3.56. The summed E-state index contributed by atoms with van der Waals surface area (Å²) in [5, 5.41) is 27.4. The summed E-state index contributed by atoms with van der Waals surface area (Å²) in [4.78, 5) is 25.8. The summed E-state index contributed by atoms with van der Waals surface area (Å²) >= 11 is 0. The van der Waals surface area contributed by atoms with Gasteiger partial charge in [-0.05, 0) is 37.6 Å². The minimum absolute atomic E-state index is 0.0702. The molecule has 10 nitrogen and oxygen atoms in total. The number of aromatic nitrogens is 2. The molecule has 1 aromatic carbocycles. The number of primary amides is 1. The Balaban J connectivity index is 1.83. The van der Waals surface area contributed by atoms with Crippen molar-refractivity contribution < 1.29 is 23.8 Å². The number of carboxylic acid groups (broad SMARTS) is 1. The number of ether oxygens (including phenoxy) is 1. The van der Waals surface area contributed by atoms with E-state index in [0.717, 1.165) is 0 Å². The molecule has 3 heterocycles. The summed E-state index contributed by atoms with van der Waals surface area (Å²) in [5.74, 6) is -1.59. The number of likely N-dealkylation sites (tertiary alicyclic amines) is 1. The Morgan fingerprint density at radius 1 is 1.33 bits per heavy atom. The molecule has 0 radical (unpaired) electrons. The van der Waals surface area contributed by atoms with E-state index >= 15 is 0 Å². The number of nitrogens with zero attached hydrogens (tertiary/aromatic N) is 4. The second-order valence-electron chi connectivity index (χ2n) is 8.97. The number of rotatable bonds is 5. The summed E-state index contributed by atoms with van der Waals surface area (Å²) in [6.45, 7) is 4.58. The number of carbonyl (C=O) groups is 2. The zero-order valence-corrected chi connectivity index (χ0v) is 18.3. The Hall–Kier alpha value is -3.65. The number of hydrogen-bond donors (Lipinski definition) is 3. The molecule has 0 aliphatic carbocycles. The van der Waals surface area contributed by atoms with Crippen molar-refractivity contribution >= 4 is 23.5 Å². The van der Waals surface area contributed by atoms with E-state index < -0.39 is 40.7 Å². The maximum absolute atomic E-state index is 13.3. The van der Waals surface area contributed by atoms with Gasteiger partial charge in [-0.25, -0.2) is 9.18 Å². The third-order valence-electron chi connectivity index (χ3n) is 7.03. The van der Waals surface area contributed by atoms with Crippen molar-refractivity contribution in [1.82, 2.24) is 14.7 Å². The van der Waals surface area contributed by atoms with Gasteiger partial charge in [0.05, 0.1) is 36.8 Å². The lowest BCUT2D eigenvalue weighted by Gasteiger charge is -2.61. The van der Waals surface area contributed by atoms with Gasteiger partial charge in [0.15, 0.2) is 5.82 Å². The molecule has 3 atom stereocenters. The van der Waals surface area contributed by atoms with Gasteiger partial charge in [0.25, 0.3) is 5.91 Å². The molecule has 33 heavy (non-hydrogen) atoms. The number of halogens is 1. The van der Waals surface area contributed by atoms with Crippen LogP contribution in [-0.2, 0) is 4.74 Å². The number of carbonyl (C=O) groups excluding carboxylic acids is 1. The van der Waals surface area contributed by atoms with Crippen molar-refractivity contribution in [3.63, 3.8) is 0 Å². The first-order valence-corrected chi connectivity index (χ1v) is 10.5. The van der Waals surface area contributed by atoms with Gasteiger partial charge in [-0.15, -0.1) is 0 Å². The molecule has 2 aliphatic heterocycles. The molecule has 3 unspecified atom stereocenters. The van der Waals surface area contributed by atoms with Crippen LogP contribution in [0, 0.1) is 28.5 Å². The molecule has 2 saturated heterocycles. The number of amides is 2. The normalized spacial score (nSPS) is 26.2. The van der Waals surface area contributed by atoms with Crippen molar-refractivity contribution in [2.24, 2.45) is 17.1 Å². The molecule has 4 N–H and O–H groups in total. The minimum Gasteiger partial charge on any atom is -0.465 e. The number of piperidine rings is 1. The predicted octanol–water partition coefficient (Wildman–Crippen LogP) is 2.72. The second kappa shape index (κ2) is 8.04. The number of nitrogens with one attached hydrogen (secondary N) is 1. The van der Waals surface area contributed by atoms with Gasteiger partial charge in [0.2, 0.25) is 0 Å². The highest BCUT2D eigenvalue weighted by Gasteiger charge is 2.63. The van der Waals surface area contributed by atoms with E-state index in [1.54, 1.807) is 6.92 Å². The fourth-order valence-corrected chi connectivity index (χ4v) is 4.94. The Morgan fingerprint density at radius 3 is 2.52 bits per heavy atom. The van der Waals surface area contributed by atoms with Crippen molar-refractivity contribution in [2.75, 3.05) is 25.1 Å². The van der Waals surface area contributed by atoms with E-state index in [1.165, 1.54) is 40.0 Å². The SMILES string of the molecule is CC1(C2(C)C(n3cc(C(N)=O)c(Nc4ccc(F)cc4)n3)C(C#N)CCN2C(=O)O)COC1. The van der Waals surface area contributed by atoms with Crippen LogP contribution in [0.15, 0.2) is 30.5 Å². The van der Waals surface area contributed by atoms with E-state index in [4.69, 9.17) is 10.5 Å². The Labute approximate surface area is 189 Å². The summed E-state index contributed by atoms with van der Waals surface area (Å²) in [5.41, 5.74) is 4.52. The topological polar surface area (TPSA) is 146 Å². The van der Waals surface area contributed by atoms with Crippen LogP contribution in [0.1, 0.15) is 36.7 Å². The van der Waals surface area contributed by atoms with Crippen LogP contribution >= 0.6 is 0 Å². The van der Waals surface area contributed by atoms with Crippen LogP contribution in [0.25, 0.3) is 0 Å². The summed E-state index contributed by atoms with van der Waals surface area (Å²) in [7, 11) is 0. The molecular weight excluding hydrogens is 431 g/mol. The molecule has 0 saturated carbocycles. The number of benzene rings is 1. The molecule has 2 fully saturated rings. The summed E-state index contributed by atoms with van der Waals surface area (Å²) in [6.07, 6.45) is 0.654. The van der Waals surface area contributed by atoms with Gasteiger partial charge in [0, 0.05) is 23.8 Å². The zero-order chi connectivity index (χ0) is 24.0. The number of anilines is 2. The number of hydrogen-bond acceptors (Lipinski definition) is 6. The highest BCUT2D eigenvalue weighted by molar-refractivity contribution is 5.98. The largest absolute Gasteiger partial charge is 0.465 e. The van der Waals surface area contributed by atoms with Gasteiger partial charge in [0.1, 0.15) is 11.4 Å². The van der Waals surface area contributed by atoms with E-state index in [-0.39, 0.29) is 17.9 Å². The quantitative estimate of drug-likeness (QED) is 0.627. The molecule has 4 rings (SSSR count). The Kier molecular flexibility index (Phi) is 5.49. The number of nitriles is 1. The lowest BCUT2D eigenvalue weighted by molar-refractivity contribution is -0.202. The Bertz CT molecular complexity index is 1120. The van der Waals surface area contributed by atoms with Crippen LogP contribution in [0.4, 0.5) is 20.7 Å². The molecule has 0 bridgehead atoms. The van der Waals surface area contributed by atoms with E-state index in [2.05, 4.69) is 16.5 Å². The first kappa shape index (κ1) is 22.5. The fraction of sp³-hybridized carbons (Fsp3) is 0.455. The lowest BCUT2D eigenvalue weighted by atomic mass is 9.60. The van der Waals surface area contributed by atoms with E-state index in [1.807, 2.05) is 6.92 Å². The molecule has 2 aromatic rings. The first-order valence-electron chi connectivity index (χ1n) is 10.5. The van der Waals surface area contributed by atoms with E-state index in [9.17, 15) is 24.3 Å². The second-order valence-corrected chi connectivity index (χ2v) is 8.97. The molecular formula is C22H25FN6O4. The molecule has 174 valence electrons. The fourth-order valence-electron chi connectivity index (χ4n) is 4.94. The Morgan fingerprint density at radius 2 is 2.00 bits per heavy atom. The highest BCUT2D eigenvalue weighted by Crippen LogP contribution is 2.53. The smallest absolute Gasteiger partial charge is 0.407 e. The van der Waals surface area contributed by atoms with Crippen LogP contribution in [0.3, 0.4) is 0 Å². The van der Waals surface area contributed by atoms with Crippen molar-refractivity contribution in [2.45, 2.75) is 31.8 Å². The summed E-state index contributed by atoms with van der Waals surface area (Å²) < 4.78 is 20.2. The third-order valence-corrected chi connectivity index (χ3v) is 7.03. The van der Waals surface area contributed by atoms with Gasteiger partial charge >= 0.3 is 6.09 Å². The zero-order valence-electron chi connectivity index (χ0n) is 18.3. The maximum Gasteiger partial charge on any atom is 0.407 e. The number of nitrogens with two attached hydrogens (primary N) is 1. The lowest BCUT2D eigenvalue weighted by Crippen LogP contribution is -2.72. The van der Waals surface area contributed by atoms with Crippen LogP contribution in [0.5, 0.6) is 0 Å². The first-order chi connectivity index (χ1) is 15.6. The molecule has 0 spiro atoms. The van der Waals surface area contributed by atoms with Gasteiger partial charge in [-0.2, -0.15) is 10.4 Å². The van der Waals surface area contributed by atoms with Gasteiger partial charge in [-0.3, -0.25) is 14.4 Å². The predicted molar refractivity (Wildman–Crippen MR) is 115 cm³/mol. The molecule has 2 amide bonds. The molecule has 2 aliphatic rings. The molecule has 1 aromatic heterocycles. The van der Waals surface area contributed by atoms with Gasteiger partial charge < -0.3 is 20.9 Å². The van der Waals surface area contributed by atoms with Crippen LogP contribution < -0.4 is 11.1 Å². The van der Waals surface area contributed by atoms with Crippen molar-refractivity contribution in [3.05, 3.63) is 41.8 Å². The van der Waals surface area contributed by atoms with Crippen molar-refractivity contribution in [1.29, 1.82) is 5.26 Å². The summed E-state index contributed by atoms with van der Waals surface area (Å²) in [6, 6.07) is 7.09. The van der Waals surface area contributed by atoms with Gasteiger partial charge in [-0.1, -0.05) is 6.92 Å². The minimum atomic E-state index is -1.10. The average molecular weight is 456 g/mol. The van der Waals surface area contributed by atoms with Crippen molar-refractivity contribution in [3.8, 4) is 6.07 Å². The standard InChI is InChI=1S/C22H25FN6O4/c1-21(11-33-12-21)22(2)17(13(9-24)7-8-28(22)20(31)32)29-10-16(18(25)30)19(27-29)26-15-5-3-14(23)4-6-15/h3-6,10,13,17H,7-8,11-12H2,1-2H3,(H2,25,30)(H,26,27)(H,31,32). The van der Waals surface area contributed by atoms with Crippen LogP contribution in [-0.4, -0.2) is 57.1 Å².